The van der Waals surface area contributed by atoms with Crippen LogP contribution in [-0.2, 0) is 11.8 Å². The van der Waals surface area contributed by atoms with E-state index in [1.165, 1.54) is 99.4 Å². The fourth-order valence-electron chi connectivity index (χ4n) is 11.6. The normalized spacial score (nSPS) is 12.6. The topological polar surface area (TPSA) is 3.24 Å². The molecule has 0 saturated heterocycles. The maximum atomic E-state index is 2.50. The van der Waals surface area contributed by atoms with Crippen molar-refractivity contribution in [1.82, 2.24) is 0 Å². The molecule has 1 aliphatic rings. The van der Waals surface area contributed by atoms with Crippen LogP contribution in [0.15, 0.2) is 291 Å². The minimum absolute atomic E-state index is 0.713. The average molecular weight is 930 g/mol. The first kappa shape index (κ1) is 43.7. The maximum absolute atomic E-state index is 2.50. The van der Waals surface area contributed by atoms with Crippen molar-refractivity contribution in [2.24, 2.45) is 0 Å². The monoisotopic (exact) mass is 929 g/mol. The zero-order valence-corrected chi connectivity index (χ0v) is 40.4. The van der Waals surface area contributed by atoms with Crippen molar-refractivity contribution in [1.29, 1.82) is 0 Å². The highest BCUT2D eigenvalue weighted by molar-refractivity contribution is 6.01. The van der Waals surface area contributed by atoms with Gasteiger partial charge in [0, 0.05) is 16.8 Å². The highest BCUT2D eigenvalue weighted by Crippen LogP contribution is 2.58. The standard InChI is InChI=1S/C72H51N/c1-5-19-51(20-6-1)47-59(65-33-17-27-57-25-13-15-31-64(57)65)48-52-35-45-67-68-46-44-63(73(62-29-11-4-12-30-62)71-34-18-28-58-26-14-16-32-66(58)71)50-70(68)72(69(67)49-52,60-40-36-55(37-41-60)53-21-7-2-8-22-53)61-42-38-56(39-43-61)54-23-9-3-10-24-54/h1-46,48-50H,47H2/b59-48-. The fraction of sp³-hybridized carbons (Fsp3) is 0.0278. The number of hydrogen-bond acceptors (Lipinski definition) is 1. The molecule has 0 atom stereocenters. The second kappa shape index (κ2) is 18.8. The van der Waals surface area contributed by atoms with Crippen LogP contribution in [0, 0.1) is 0 Å². The SMILES string of the molecule is C(=C(\Cc1ccccc1)c1cccc2ccccc12)/c1ccc2c(c1)C(c1ccc(-c3ccccc3)cc1)(c1ccc(-c3ccccc3)cc1)c1cc(N(c3ccccc3)c3cccc4ccccc34)ccc1-2. The van der Waals surface area contributed by atoms with Gasteiger partial charge in [0.25, 0.3) is 0 Å². The third kappa shape index (κ3) is 7.93. The van der Waals surface area contributed by atoms with Crippen LogP contribution in [0.2, 0.25) is 0 Å². The van der Waals surface area contributed by atoms with Gasteiger partial charge in [0.15, 0.2) is 0 Å². The summed E-state index contributed by atoms with van der Waals surface area (Å²) in [4.78, 5) is 2.45. The van der Waals surface area contributed by atoms with Crippen LogP contribution in [0.25, 0.3) is 66.6 Å². The summed E-state index contributed by atoms with van der Waals surface area (Å²) >= 11 is 0. The van der Waals surface area contributed by atoms with Crippen LogP contribution >= 0.6 is 0 Å². The molecule has 12 aromatic carbocycles. The summed E-state index contributed by atoms with van der Waals surface area (Å²) in [6.45, 7) is 0. The molecule has 0 radical (unpaired) electrons. The highest BCUT2D eigenvalue weighted by Gasteiger charge is 2.47. The molecule has 12 aromatic rings. The molecule has 0 bridgehead atoms. The van der Waals surface area contributed by atoms with Gasteiger partial charge in [0.2, 0.25) is 0 Å². The number of rotatable bonds is 11. The van der Waals surface area contributed by atoms with Crippen molar-refractivity contribution in [3.05, 3.63) is 330 Å². The van der Waals surface area contributed by atoms with Crippen LogP contribution in [-0.4, -0.2) is 0 Å². The number of para-hydroxylation sites is 1. The Bertz CT molecular complexity index is 3860. The molecule has 0 heterocycles. The Kier molecular flexibility index (Phi) is 11.2. The van der Waals surface area contributed by atoms with E-state index in [-0.39, 0.29) is 0 Å². The van der Waals surface area contributed by atoms with Crippen LogP contribution < -0.4 is 4.90 Å². The summed E-state index contributed by atoms with van der Waals surface area (Å²) < 4.78 is 0. The molecular formula is C72H51N. The Balaban J connectivity index is 1.08. The van der Waals surface area contributed by atoms with E-state index in [1.54, 1.807) is 0 Å². The summed E-state index contributed by atoms with van der Waals surface area (Å²) in [5.74, 6) is 0. The molecule has 0 aliphatic heterocycles. The molecule has 0 aromatic heterocycles. The zero-order chi connectivity index (χ0) is 48.6. The number of nitrogens with zero attached hydrogens (tertiary/aromatic N) is 1. The third-order valence-corrected chi connectivity index (χ3v) is 15.0. The van der Waals surface area contributed by atoms with E-state index in [0.717, 1.165) is 23.5 Å². The van der Waals surface area contributed by atoms with Gasteiger partial charge >= 0.3 is 0 Å². The van der Waals surface area contributed by atoms with E-state index in [2.05, 4.69) is 302 Å². The summed E-state index contributed by atoms with van der Waals surface area (Å²) in [6.07, 6.45) is 3.24. The molecular weight excluding hydrogens is 879 g/mol. The zero-order valence-electron chi connectivity index (χ0n) is 40.4. The quantitative estimate of drug-likeness (QED) is 0.117. The van der Waals surface area contributed by atoms with Gasteiger partial charge in [-0.15, -0.1) is 0 Å². The van der Waals surface area contributed by atoms with Gasteiger partial charge in [-0.3, -0.25) is 0 Å². The molecule has 1 aliphatic carbocycles. The molecule has 0 unspecified atom stereocenters. The van der Waals surface area contributed by atoms with Crippen LogP contribution in [0.5, 0.6) is 0 Å². The Morgan fingerprint density at radius 3 is 1.47 bits per heavy atom. The number of hydrogen-bond donors (Lipinski definition) is 0. The van der Waals surface area contributed by atoms with Gasteiger partial charge in [-0.2, -0.15) is 0 Å². The Morgan fingerprint density at radius 2 is 0.836 bits per heavy atom. The van der Waals surface area contributed by atoms with E-state index in [1.807, 2.05) is 0 Å². The number of anilines is 3. The van der Waals surface area contributed by atoms with Crippen molar-refractivity contribution in [2.45, 2.75) is 11.8 Å². The van der Waals surface area contributed by atoms with Crippen LogP contribution in [0.3, 0.4) is 0 Å². The predicted molar refractivity (Wildman–Crippen MR) is 309 cm³/mol. The predicted octanol–water partition coefficient (Wildman–Crippen LogP) is 18.9. The number of benzene rings is 12. The van der Waals surface area contributed by atoms with E-state index in [9.17, 15) is 0 Å². The van der Waals surface area contributed by atoms with Crippen molar-refractivity contribution in [3.63, 3.8) is 0 Å². The van der Waals surface area contributed by atoms with Crippen molar-refractivity contribution < 1.29 is 0 Å². The molecule has 1 heteroatoms. The summed E-state index contributed by atoms with van der Waals surface area (Å²) in [5, 5.41) is 4.90. The highest BCUT2D eigenvalue weighted by atomic mass is 15.1. The van der Waals surface area contributed by atoms with E-state index < -0.39 is 5.41 Å². The van der Waals surface area contributed by atoms with E-state index >= 15 is 0 Å². The third-order valence-electron chi connectivity index (χ3n) is 15.0. The second-order valence-electron chi connectivity index (χ2n) is 19.2. The molecule has 0 amide bonds. The van der Waals surface area contributed by atoms with Crippen LogP contribution in [0.4, 0.5) is 17.1 Å². The second-order valence-corrected chi connectivity index (χ2v) is 19.2. The van der Waals surface area contributed by atoms with Gasteiger partial charge in [-0.25, -0.2) is 0 Å². The lowest BCUT2D eigenvalue weighted by Gasteiger charge is -2.35. The van der Waals surface area contributed by atoms with Crippen molar-refractivity contribution in [3.8, 4) is 33.4 Å². The summed E-state index contributed by atoms with van der Waals surface area (Å²) in [7, 11) is 0. The maximum Gasteiger partial charge on any atom is 0.0714 e. The number of allylic oxidation sites excluding steroid dienone is 1. The summed E-state index contributed by atoms with van der Waals surface area (Å²) in [6, 6.07) is 107. The van der Waals surface area contributed by atoms with Crippen LogP contribution in [0.1, 0.15) is 38.9 Å². The molecule has 1 nitrogen and oxygen atoms in total. The minimum Gasteiger partial charge on any atom is -0.310 e. The molecule has 73 heavy (non-hydrogen) atoms. The lowest BCUT2D eigenvalue weighted by atomic mass is 9.67. The molecule has 0 saturated carbocycles. The first-order chi connectivity index (χ1) is 36.2. The van der Waals surface area contributed by atoms with Gasteiger partial charge in [-0.05, 0) is 137 Å². The molecule has 13 rings (SSSR count). The minimum atomic E-state index is -0.713. The van der Waals surface area contributed by atoms with Crippen molar-refractivity contribution >= 4 is 50.3 Å². The van der Waals surface area contributed by atoms with Gasteiger partial charge < -0.3 is 4.90 Å². The molecule has 344 valence electrons. The number of fused-ring (bicyclic) bond motifs is 5. The Morgan fingerprint density at radius 1 is 0.356 bits per heavy atom. The summed E-state index contributed by atoms with van der Waals surface area (Å²) in [5.41, 5.74) is 19.8. The fourth-order valence-corrected chi connectivity index (χ4v) is 11.6. The molecule has 0 N–H and O–H groups in total. The average Bonchev–Trinajstić information content (AvgIpc) is 3.76. The van der Waals surface area contributed by atoms with E-state index in [4.69, 9.17) is 0 Å². The van der Waals surface area contributed by atoms with E-state index in [0.29, 0.717) is 0 Å². The smallest absolute Gasteiger partial charge is 0.0714 e. The van der Waals surface area contributed by atoms with Gasteiger partial charge in [0.05, 0.1) is 11.1 Å². The lowest BCUT2D eigenvalue weighted by molar-refractivity contribution is 0.768. The van der Waals surface area contributed by atoms with Crippen molar-refractivity contribution in [2.75, 3.05) is 4.90 Å². The lowest BCUT2D eigenvalue weighted by Crippen LogP contribution is -2.29. The Hall–Kier alpha value is -9.30. The largest absolute Gasteiger partial charge is 0.310 e. The first-order valence-electron chi connectivity index (χ1n) is 25.4. The van der Waals surface area contributed by atoms with Gasteiger partial charge in [0.1, 0.15) is 0 Å². The molecule has 0 fully saturated rings. The Labute approximate surface area is 428 Å². The first-order valence-corrected chi connectivity index (χ1v) is 25.4. The van der Waals surface area contributed by atoms with Gasteiger partial charge in [-0.1, -0.05) is 261 Å². The molecule has 0 spiro atoms.